The van der Waals surface area contributed by atoms with Gasteiger partial charge in [0.05, 0.1) is 5.56 Å². The molecule has 0 radical (unpaired) electrons. The van der Waals surface area contributed by atoms with Crippen LogP contribution in [0.2, 0.25) is 5.02 Å². The van der Waals surface area contributed by atoms with Gasteiger partial charge in [0.1, 0.15) is 0 Å². The zero-order valence-electron chi connectivity index (χ0n) is 11.3. The first-order valence-corrected chi connectivity index (χ1v) is 6.57. The third kappa shape index (κ3) is 3.52. The molecule has 2 aromatic rings. The van der Waals surface area contributed by atoms with Crippen LogP contribution in [0.1, 0.15) is 20.7 Å². The number of halogens is 1. The van der Waals surface area contributed by atoms with E-state index in [0.29, 0.717) is 27.5 Å². The van der Waals surface area contributed by atoms with Crippen molar-refractivity contribution in [2.24, 2.45) is 0 Å². The number of carbonyl (C=O) groups is 2. The average Bonchev–Trinajstić information content (AvgIpc) is 2.49. The van der Waals surface area contributed by atoms with Crippen LogP contribution in [0.15, 0.2) is 42.5 Å². The predicted octanol–water partition coefficient (Wildman–Crippen LogP) is 2.53. The van der Waals surface area contributed by atoms with Gasteiger partial charge in [0.2, 0.25) is 0 Å². The summed E-state index contributed by atoms with van der Waals surface area (Å²) in [4.78, 5) is 23.6. The minimum absolute atomic E-state index is 0.188. The largest absolute Gasteiger partial charge is 0.398 e. The SMILES string of the molecule is CNC(=O)c1ccc(NC(=O)c2cc(Cl)ccc2N)cc1. The smallest absolute Gasteiger partial charge is 0.257 e. The van der Waals surface area contributed by atoms with E-state index < -0.39 is 0 Å². The summed E-state index contributed by atoms with van der Waals surface area (Å²) in [7, 11) is 1.56. The molecule has 0 atom stereocenters. The summed E-state index contributed by atoms with van der Waals surface area (Å²) in [5.41, 5.74) is 7.48. The molecule has 6 heteroatoms. The van der Waals surface area contributed by atoms with Gasteiger partial charge in [-0.15, -0.1) is 0 Å². The Labute approximate surface area is 127 Å². The van der Waals surface area contributed by atoms with Crippen molar-refractivity contribution in [1.29, 1.82) is 0 Å². The topological polar surface area (TPSA) is 84.2 Å². The second-order valence-electron chi connectivity index (χ2n) is 4.34. The summed E-state index contributed by atoms with van der Waals surface area (Å²) in [5, 5.41) is 5.66. The van der Waals surface area contributed by atoms with Crippen molar-refractivity contribution >= 4 is 34.8 Å². The number of nitrogens with one attached hydrogen (secondary N) is 2. The normalized spacial score (nSPS) is 10.0. The average molecular weight is 304 g/mol. The lowest BCUT2D eigenvalue weighted by Crippen LogP contribution is -2.18. The molecule has 108 valence electrons. The number of nitrogens with two attached hydrogens (primary N) is 1. The maximum absolute atomic E-state index is 12.1. The van der Waals surface area contributed by atoms with Gasteiger partial charge < -0.3 is 16.4 Å². The van der Waals surface area contributed by atoms with Crippen LogP contribution >= 0.6 is 11.6 Å². The highest BCUT2D eigenvalue weighted by Crippen LogP contribution is 2.19. The van der Waals surface area contributed by atoms with Gasteiger partial charge in [0, 0.05) is 29.0 Å². The summed E-state index contributed by atoms with van der Waals surface area (Å²) in [6.45, 7) is 0. The molecule has 0 saturated heterocycles. The molecule has 0 aliphatic rings. The molecule has 0 fully saturated rings. The number of hydrogen-bond donors (Lipinski definition) is 3. The van der Waals surface area contributed by atoms with E-state index in [9.17, 15) is 9.59 Å². The molecule has 0 bridgehead atoms. The molecule has 5 nitrogen and oxygen atoms in total. The van der Waals surface area contributed by atoms with Gasteiger partial charge in [-0.25, -0.2) is 0 Å². The molecular weight excluding hydrogens is 290 g/mol. The van der Waals surface area contributed by atoms with E-state index in [2.05, 4.69) is 10.6 Å². The molecule has 0 spiro atoms. The molecule has 2 amide bonds. The Morgan fingerprint density at radius 2 is 1.71 bits per heavy atom. The molecule has 0 saturated carbocycles. The summed E-state index contributed by atoms with van der Waals surface area (Å²) >= 11 is 5.86. The molecule has 0 heterocycles. The molecule has 2 rings (SSSR count). The Morgan fingerprint density at radius 1 is 1.05 bits per heavy atom. The van der Waals surface area contributed by atoms with E-state index in [4.69, 9.17) is 17.3 Å². The van der Waals surface area contributed by atoms with Gasteiger partial charge in [-0.3, -0.25) is 9.59 Å². The summed E-state index contributed by atoms with van der Waals surface area (Å²) in [5.74, 6) is -0.547. The lowest BCUT2D eigenvalue weighted by molar-refractivity contribution is 0.0962. The molecule has 0 aliphatic carbocycles. The molecule has 4 N–H and O–H groups in total. The second kappa shape index (κ2) is 6.28. The standard InChI is InChI=1S/C15H14ClN3O2/c1-18-14(20)9-2-5-11(6-3-9)19-15(21)12-8-10(16)4-7-13(12)17/h2-8H,17H2,1H3,(H,18,20)(H,19,21). The molecule has 0 unspecified atom stereocenters. The fourth-order valence-electron chi connectivity index (χ4n) is 1.77. The molecule has 2 aromatic carbocycles. The van der Waals surface area contributed by atoms with E-state index in [1.165, 1.54) is 6.07 Å². The number of benzene rings is 2. The van der Waals surface area contributed by atoms with Crippen LogP contribution < -0.4 is 16.4 Å². The monoisotopic (exact) mass is 303 g/mol. The zero-order valence-corrected chi connectivity index (χ0v) is 12.1. The van der Waals surface area contributed by atoms with E-state index in [1.54, 1.807) is 43.4 Å². The van der Waals surface area contributed by atoms with E-state index in [-0.39, 0.29) is 11.8 Å². The molecule has 0 aliphatic heterocycles. The number of nitrogen functional groups attached to an aromatic ring is 1. The van der Waals surface area contributed by atoms with Crippen LogP contribution in [0, 0.1) is 0 Å². The number of rotatable bonds is 3. The van der Waals surface area contributed by atoms with Crippen molar-refractivity contribution < 1.29 is 9.59 Å². The molecule has 21 heavy (non-hydrogen) atoms. The lowest BCUT2D eigenvalue weighted by atomic mass is 10.1. The minimum Gasteiger partial charge on any atom is -0.398 e. The first kappa shape index (κ1) is 14.9. The first-order chi connectivity index (χ1) is 10.0. The van der Waals surface area contributed by atoms with Gasteiger partial charge in [0.15, 0.2) is 0 Å². The first-order valence-electron chi connectivity index (χ1n) is 6.20. The minimum atomic E-state index is -0.359. The second-order valence-corrected chi connectivity index (χ2v) is 4.78. The van der Waals surface area contributed by atoms with Gasteiger partial charge in [-0.2, -0.15) is 0 Å². The van der Waals surface area contributed by atoms with Crippen molar-refractivity contribution in [2.45, 2.75) is 0 Å². The third-order valence-electron chi connectivity index (χ3n) is 2.89. The van der Waals surface area contributed by atoms with Gasteiger partial charge in [0.25, 0.3) is 11.8 Å². The summed E-state index contributed by atoms with van der Waals surface area (Å²) in [6.07, 6.45) is 0. The van der Waals surface area contributed by atoms with Crippen LogP contribution in [-0.2, 0) is 0 Å². The number of amides is 2. The predicted molar refractivity (Wildman–Crippen MR) is 83.6 cm³/mol. The fraction of sp³-hybridized carbons (Fsp3) is 0.0667. The highest BCUT2D eigenvalue weighted by atomic mass is 35.5. The zero-order chi connectivity index (χ0) is 15.4. The van der Waals surface area contributed by atoms with Crippen molar-refractivity contribution in [2.75, 3.05) is 18.1 Å². The maximum atomic E-state index is 12.1. The van der Waals surface area contributed by atoms with E-state index in [1.807, 2.05) is 0 Å². The lowest BCUT2D eigenvalue weighted by Gasteiger charge is -2.08. The van der Waals surface area contributed by atoms with E-state index >= 15 is 0 Å². The highest BCUT2D eigenvalue weighted by Gasteiger charge is 2.11. The van der Waals surface area contributed by atoms with Crippen LogP contribution in [0.25, 0.3) is 0 Å². The summed E-state index contributed by atoms with van der Waals surface area (Å²) in [6, 6.07) is 11.2. The van der Waals surface area contributed by atoms with Gasteiger partial charge >= 0.3 is 0 Å². The quantitative estimate of drug-likeness (QED) is 0.762. The van der Waals surface area contributed by atoms with Crippen LogP contribution in [0.3, 0.4) is 0 Å². The van der Waals surface area contributed by atoms with Crippen LogP contribution in [0.5, 0.6) is 0 Å². The van der Waals surface area contributed by atoms with Gasteiger partial charge in [-0.1, -0.05) is 11.6 Å². The van der Waals surface area contributed by atoms with Crippen LogP contribution in [-0.4, -0.2) is 18.9 Å². The Morgan fingerprint density at radius 3 is 2.33 bits per heavy atom. The highest BCUT2D eigenvalue weighted by molar-refractivity contribution is 6.31. The van der Waals surface area contributed by atoms with Crippen molar-refractivity contribution in [3.63, 3.8) is 0 Å². The maximum Gasteiger partial charge on any atom is 0.257 e. The summed E-state index contributed by atoms with van der Waals surface area (Å²) < 4.78 is 0. The Hall–Kier alpha value is -2.53. The Kier molecular flexibility index (Phi) is 4.45. The van der Waals surface area contributed by atoms with Crippen molar-refractivity contribution in [3.05, 3.63) is 58.6 Å². The third-order valence-corrected chi connectivity index (χ3v) is 3.13. The number of hydrogen-bond acceptors (Lipinski definition) is 3. The molecule has 0 aromatic heterocycles. The van der Waals surface area contributed by atoms with Crippen molar-refractivity contribution in [3.8, 4) is 0 Å². The number of anilines is 2. The molecular formula is C15H14ClN3O2. The van der Waals surface area contributed by atoms with Crippen LogP contribution in [0.4, 0.5) is 11.4 Å². The fourth-order valence-corrected chi connectivity index (χ4v) is 1.94. The number of carbonyl (C=O) groups excluding carboxylic acids is 2. The Balaban J connectivity index is 2.16. The Bertz CT molecular complexity index is 684. The van der Waals surface area contributed by atoms with E-state index in [0.717, 1.165) is 0 Å². The van der Waals surface area contributed by atoms with Crippen molar-refractivity contribution in [1.82, 2.24) is 5.32 Å². The van der Waals surface area contributed by atoms with Gasteiger partial charge in [-0.05, 0) is 42.5 Å².